The predicted octanol–water partition coefficient (Wildman–Crippen LogP) is 4.26. The van der Waals surface area contributed by atoms with Crippen molar-refractivity contribution < 1.29 is 4.39 Å². The molecule has 1 fully saturated rings. The van der Waals surface area contributed by atoms with Crippen molar-refractivity contribution in [1.82, 2.24) is 5.32 Å². The lowest BCUT2D eigenvalue weighted by molar-refractivity contribution is 0.474. The first kappa shape index (κ1) is 13.0. The summed E-state index contributed by atoms with van der Waals surface area (Å²) in [7, 11) is 0. The van der Waals surface area contributed by atoms with Crippen LogP contribution in [-0.2, 0) is 6.54 Å². The zero-order chi connectivity index (χ0) is 12.1. The molecule has 0 radical (unpaired) electrons. The van der Waals surface area contributed by atoms with E-state index in [-0.39, 0.29) is 5.82 Å². The molecule has 1 N–H and O–H groups in total. The Balaban J connectivity index is 1.70. The number of nitrogens with one attached hydrogen (secondary N) is 1. The second-order valence-electron chi connectivity index (χ2n) is 4.85. The van der Waals surface area contributed by atoms with Crippen LogP contribution in [0.25, 0.3) is 0 Å². The lowest BCUT2D eigenvalue weighted by Gasteiger charge is -2.10. The Morgan fingerprint density at radius 2 is 2.06 bits per heavy atom. The highest BCUT2D eigenvalue weighted by Crippen LogP contribution is 2.26. The summed E-state index contributed by atoms with van der Waals surface area (Å²) in [5.74, 6) is 0.769. The Morgan fingerprint density at radius 1 is 1.29 bits per heavy atom. The fraction of sp³-hybridized carbons (Fsp3) is 0.571. The average Bonchev–Trinajstić information content (AvgIpc) is 2.79. The molecule has 0 spiro atoms. The minimum absolute atomic E-state index is 0.132. The number of hydrogen-bond donors (Lipinski definition) is 1. The lowest BCUT2D eigenvalue weighted by atomic mass is 10.0. The molecule has 0 heterocycles. The predicted molar refractivity (Wildman–Crippen MR) is 72.4 cm³/mol. The van der Waals surface area contributed by atoms with Gasteiger partial charge in [0.15, 0.2) is 0 Å². The van der Waals surface area contributed by atoms with Gasteiger partial charge >= 0.3 is 0 Å². The fourth-order valence-corrected chi connectivity index (χ4v) is 2.83. The summed E-state index contributed by atoms with van der Waals surface area (Å²) in [5.41, 5.74) is 0.750. The van der Waals surface area contributed by atoms with Crippen molar-refractivity contribution in [2.45, 2.75) is 38.6 Å². The van der Waals surface area contributed by atoms with E-state index in [4.69, 9.17) is 0 Å². The van der Waals surface area contributed by atoms with Gasteiger partial charge in [0.2, 0.25) is 0 Å². The molecule has 17 heavy (non-hydrogen) atoms. The Hall–Kier alpha value is -0.410. The topological polar surface area (TPSA) is 12.0 Å². The molecule has 0 aromatic heterocycles. The number of benzene rings is 1. The molecule has 0 amide bonds. The molecule has 0 aliphatic heterocycles. The Labute approximate surface area is 111 Å². The Kier molecular flexibility index (Phi) is 4.99. The second-order valence-corrected chi connectivity index (χ2v) is 5.77. The highest BCUT2D eigenvalue weighted by molar-refractivity contribution is 9.10. The van der Waals surface area contributed by atoms with Crippen molar-refractivity contribution in [3.8, 4) is 0 Å². The first-order chi connectivity index (χ1) is 8.25. The molecule has 0 bridgehead atoms. The van der Waals surface area contributed by atoms with Crippen LogP contribution in [0.4, 0.5) is 4.39 Å². The monoisotopic (exact) mass is 299 g/mol. The van der Waals surface area contributed by atoms with Gasteiger partial charge in [-0.2, -0.15) is 0 Å². The van der Waals surface area contributed by atoms with Crippen LogP contribution in [0.2, 0.25) is 0 Å². The maximum absolute atomic E-state index is 13.5. The van der Waals surface area contributed by atoms with Crippen LogP contribution >= 0.6 is 15.9 Å². The maximum atomic E-state index is 13.5. The largest absolute Gasteiger partial charge is 0.313 e. The average molecular weight is 300 g/mol. The summed E-state index contributed by atoms with van der Waals surface area (Å²) in [6.45, 7) is 1.63. The first-order valence-electron chi connectivity index (χ1n) is 6.40. The fourth-order valence-electron chi connectivity index (χ4n) is 2.49. The van der Waals surface area contributed by atoms with Crippen LogP contribution in [0.15, 0.2) is 22.7 Å². The summed E-state index contributed by atoms with van der Waals surface area (Å²) >= 11 is 3.26. The Morgan fingerprint density at radius 3 is 2.76 bits per heavy atom. The molecule has 1 aliphatic rings. The Bertz CT molecular complexity index is 361. The van der Waals surface area contributed by atoms with E-state index >= 15 is 0 Å². The van der Waals surface area contributed by atoms with Gasteiger partial charge in [0, 0.05) is 16.6 Å². The van der Waals surface area contributed by atoms with Gasteiger partial charge in [-0.3, -0.25) is 0 Å². The minimum atomic E-state index is -0.132. The zero-order valence-corrected chi connectivity index (χ0v) is 11.6. The molecular weight excluding hydrogens is 281 g/mol. The highest BCUT2D eigenvalue weighted by atomic mass is 79.9. The molecule has 1 saturated carbocycles. The number of rotatable bonds is 5. The quantitative estimate of drug-likeness (QED) is 0.801. The van der Waals surface area contributed by atoms with Gasteiger partial charge in [-0.05, 0) is 31.0 Å². The molecule has 1 aliphatic carbocycles. The molecule has 0 saturated heterocycles. The molecular formula is C14H19BrFN. The second kappa shape index (κ2) is 6.50. The van der Waals surface area contributed by atoms with Crippen molar-refractivity contribution in [2.24, 2.45) is 5.92 Å². The van der Waals surface area contributed by atoms with Crippen molar-refractivity contribution in [1.29, 1.82) is 0 Å². The van der Waals surface area contributed by atoms with Gasteiger partial charge in [0.25, 0.3) is 0 Å². The van der Waals surface area contributed by atoms with Crippen LogP contribution in [0.1, 0.15) is 37.7 Å². The molecule has 0 atom stereocenters. The smallest absolute Gasteiger partial charge is 0.128 e. The molecule has 1 aromatic rings. The van der Waals surface area contributed by atoms with Gasteiger partial charge < -0.3 is 5.32 Å². The molecule has 2 rings (SSSR count). The van der Waals surface area contributed by atoms with Crippen LogP contribution in [-0.4, -0.2) is 6.54 Å². The molecule has 1 nitrogen and oxygen atoms in total. The standard InChI is InChI=1S/C14H19BrFN/c15-13-6-5-12(14(16)9-13)10-17-8-7-11-3-1-2-4-11/h5-6,9,11,17H,1-4,7-8,10H2. The minimum Gasteiger partial charge on any atom is -0.313 e. The summed E-state index contributed by atoms with van der Waals surface area (Å²) in [4.78, 5) is 0. The van der Waals surface area contributed by atoms with Gasteiger partial charge in [-0.25, -0.2) is 4.39 Å². The van der Waals surface area contributed by atoms with E-state index in [2.05, 4.69) is 21.2 Å². The number of hydrogen-bond acceptors (Lipinski definition) is 1. The third kappa shape index (κ3) is 4.07. The van der Waals surface area contributed by atoms with E-state index in [1.165, 1.54) is 38.2 Å². The summed E-state index contributed by atoms with van der Waals surface area (Å²) in [6, 6.07) is 5.24. The maximum Gasteiger partial charge on any atom is 0.128 e. The van der Waals surface area contributed by atoms with Crippen molar-refractivity contribution in [2.75, 3.05) is 6.54 Å². The van der Waals surface area contributed by atoms with Crippen molar-refractivity contribution >= 4 is 15.9 Å². The van der Waals surface area contributed by atoms with Crippen LogP contribution in [0, 0.1) is 11.7 Å². The first-order valence-corrected chi connectivity index (χ1v) is 7.19. The van der Waals surface area contributed by atoms with E-state index in [1.807, 2.05) is 12.1 Å². The van der Waals surface area contributed by atoms with Gasteiger partial charge in [0.1, 0.15) is 5.82 Å². The molecule has 0 unspecified atom stereocenters. The zero-order valence-electron chi connectivity index (χ0n) is 10.0. The van der Waals surface area contributed by atoms with Gasteiger partial charge in [-0.15, -0.1) is 0 Å². The number of halogens is 2. The normalized spacial score (nSPS) is 16.6. The SMILES string of the molecule is Fc1cc(Br)ccc1CNCCC1CCCC1. The van der Waals surface area contributed by atoms with E-state index in [1.54, 1.807) is 0 Å². The van der Waals surface area contributed by atoms with Crippen molar-refractivity contribution in [3.63, 3.8) is 0 Å². The molecule has 94 valence electrons. The molecule has 3 heteroatoms. The third-order valence-electron chi connectivity index (χ3n) is 3.53. The van der Waals surface area contributed by atoms with Crippen LogP contribution in [0.3, 0.4) is 0 Å². The van der Waals surface area contributed by atoms with Gasteiger partial charge in [0.05, 0.1) is 0 Å². The van der Waals surface area contributed by atoms with Crippen LogP contribution in [0.5, 0.6) is 0 Å². The third-order valence-corrected chi connectivity index (χ3v) is 4.03. The van der Waals surface area contributed by atoms with E-state index < -0.39 is 0 Å². The molecule has 1 aromatic carbocycles. The van der Waals surface area contributed by atoms with E-state index in [0.717, 1.165) is 22.5 Å². The highest BCUT2D eigenvalue weighted by Gasteiger charge is 2.13. The summed E-state index contributed by atoms with van der Waals surface area (Å²) < 4.78 is 14.3. The van der Waals surface area contributed by atoms with E-state index in [0.29, 0.717) is 6.54 Å². The summed E-state index contributed by atoms with van der Waals surface area (Å²) in [6.07, 6.45) is 6.79. The summed E-state index contributed by atoms with van der Waals surface area (Å²) in [5, 5.41) is 3.33. The van der Waals surface area contributed by atoms with Crippen LogP contribution < -0.4 is 5.32 Å². The van der Waals surface area contributed by atoms with Gasteiger partial charge in [-0.1, -0.05) is 47.7 Å². The van der Waals surface area contributed by atoms with Crippen molar-refractivity contribution in [3.05, 3.63) is 34.1 Å². The van der Waals surface area contributed by atoms with E-state index in [9.17, 15) is 4.39 Å². The lowest BCUT2D eigenvalue weighted by Crippen LogP contribution is -2.17.